The molecule has 0 aliphatic heterocycles. The number of nitrogens with two attached hydrogens (primary N) is 1. The van der Waals surface area contributed by atoms with E-state index < -0.39 is 0 Å². The molecule has 0 radical (unpaired) electrons. The van der Waals surface area contributed by atoms with Crippen LogP contribution in [0.4, 0.5) is 0 Å². The second-order valence-electron chi connectivity index (χ2n) is 2.34. The molecule has 0 fully saturated rings. The maximum atomic E-state index is 9.20. The predicted molar refractivity (Wildman–Crippen MR) is 50.4 cm³/mol. The zero-order valence-electron chi connectivity index (χ0n) is 6.64. The van der Waals surface area contributed by atoms with Gasteiger partial charge in [0, 0.05) is 0 Å². The highest BCUT2D eigenvalue weighted by atomic mass is 16.3. The molecule has 0 saturated carbocycles. The number of hydrogen-bond donors (Lipinski definition) is 2. The van der Waals surface area contributed by atoms with Gasteiger partial charge < -0.3 is 10.8 Å². The number of aliphatic hydroxyl groups excluding tert-OH is 1. The molecule has 0 unspecified atom stereocenters. The lowest BCUT2D eigenvalue weighted by atomic mass is 10.2. The summed E-state index contributed by atoms with van der Waals surface area (Å²) in [5, 5.41) is 9.20. The van der Waals surface area contributed by atoms with Crippen molar-refractivity contribution < 1.29 is 5.11 Å². The van der Waals surface area contributed by atoms with Gasteiger partial charge in [0.15, 0.2) is 0 Å². The smallest absolute Gasteiger partial charge is 0.117 e. The van der Waals surface area contributed by atoms with Crippen LogP contribution in [0.15, 0.2) is 48.4 Å². The van der Waals surface area contributed by atoms with Gasteiger partial charge in [-0.25, -0.2) is 0 Å². The van der Waals surface area contributed by atoms with Crippen molar-refractivity contribution in [1.82, 2.24) is 0 Å². The Labute approximate surface area is 71.6 Å². The van der Waals surface area contributed by atoms with Gasteiger partial charge in [0.1, 0.15) is 5.76 Å². The minimum Gasteiger partial charge on any atom is -0.508 e. The second kappa shape index (κ2) is 4.23. The summed E-state index contributed by atoms with van der Waals surface area (Å²) < 4.78 is 0. The Kier molecular flexibility index (Phi) is 2.96. The first-order valence-electron chi connectivity index (χ1n) is 3.67. The van der Waals surface area contributed by atoms with E-state index in [0.29, 0.717) is 0 Å². The molecule has 0 aliphatic rings. The Morgan fingerprint density at radius 3 is 2.50 bits per heavy atom. The molecule has 3 N–H and O–H groups in total. The van der Waals surface area contributed by atoms with Crippen LogP contribution >= 0.6 is 0 Å². The van der Waals surface area contributed by atoms with Crippen molar-refractivity contribution in [3.63, 3.8) is 0 Å². The van der Waals surface area contributed by atoms with Crippen LogP contribution in [0, 0.1) is 0 Å². The van der Waals surface area contributed by atoms with Crippen molar-refractivity contribution in [2.75, 3.05) is 0 Å². The summed E-state index contributed by atoms with van der Waals surface area (Å²) in [4.78, 5) is 0. The molecule has 0 atom stereocenters. The molecule has 1 rings (SSSR count). The summed E-state index contributed by atoms with van der Waals surface area (Å²) in [7, 11) is 0. The van der Waals surface area contributed by atoms with Crippen LogP contribution in [0.25, 0.3) is 6.08 Å². The lowest BCUT2D eigenvalue weighted by Gasteiger charge is -1.92. The van der Waals surface area contributed by atoms with Crippen molar-refractivity contribution in [2.45, 2.75) is 0 Å². The van der Waals surface area contributed by atoms with E-state index in [-0.39, 0.29) is 5.76 Å². The van der Waals surface area contributed by atoms with E-state index in [1.54, 1.807) is 6.08 Å². The van der Waals surface area contributed by atoms with Gasteiger partial charge in [-0.2, -0.15) is 0 Å². The summed E-state index contributed by atoms with van der Waals surface area (Å²) in [6.45, 7) is 0. The molecule has 0 aromatic heterocycles. The number of rotatable bonds is 2. The van der Waals surface area contributed by atoms with E-state index in [9.17, 15) is 5.11 Å². The maximum Gasteiger partial charge on any atom is 0.117 e. The van der Waals surface area contributed by atoms with E-state index in [1.165, 1.54) is 12.3 Å². The van der Waals surface area contributed by atoms with Gasteiger partial charge in [-0.1, -0.05) is 30.3 Å². The van der Waals surface area contributed by atoms with Gasteiger partial charge in [0.2, 0.25) is 0 Å². The van der Waals surface area contributed by atoms with Gasteiger partial charge in [-0.15, -0.1) is 0 Å². The fraction of sp³-hybridized carbons (Fsp3) is 0. The van der Waals surface area contributed by atoms with E-state index >= 15 is 0 Å². The van der Waals surface area contributed by atoms with E-state index in [0.717, 1.165) is 5.56 Å². The molecule has 0 aliphatic carbocycles. The average molecular weight is 161 g/mol. The Bertz CT molecular complexity index is 288. The molecule has 1 aromatic carbocycles. The maximum absolute atomic E-state index is 9.20. The fourth-order valence-corrected chi connectivity index (χ4v) is 0.867. The molecule has 1 aromatic rings. The normalized spacial score (nSPS) is 12.2. The largest absolute Gasteiger partial charge is 0.508 e. The molecular weight excluding hydrogens is 150 g/mol. The van der Waals surface area contributed by atoms with Crippen LogP contribution in [-0.4, -0.2) is 5.11 Å². The van der Waals surface area contributed by atoms with Crippen molar-refractivity contribution >= 4 is 6.08 Å². The van der Waals surface area contributed by atoms with Crippen molar-refractivity contribution in [3.8, 4) is 0 Å². The first kappa shape index (κ1) is 8.40. The highest BCUT2D eigenvalue weighted by Crippen LogP contribution is 2.04. The van der Waals surface area contributed by atoms with E-state index in [2.05, 4.69) is 0 Å². The number of allylic oxidation sites excluding steroid dienone is 1. The summed E-state index contributed by atoms with van der Waals surface area (Å²) >= 11 is 0. The van der Waals surface area contributed by atoms with Gasteiger partial charge in [-0.3, -0.25) is 0 Å². The lowest BCUT2D eigenvalue weighted by molar-refractivity contribution is 0.437. The highest BCUT2D eigenvalue weighted by Gasteiger charge is 1.86. The SMILES string of the molecule is N/C=C\C(O)=C\c1ccccc1. The summed E-state index contributed by atoms with van der Waals surface area (Å²) in [5.74, 6) is 0.156. The first-order chi connectivity index (χ1) is 5.83. The van der Waals surface area contributed by atoms with Crippen LogP contribution in [0.2, 0.25) is 0 Å². The van der Waals surface area contributed by atoms with E-state index in [4.69, 9.17) is 5.73 Å². The average Bonchev–Trinajstić information content (AvgIpc) is 2.06. The monoisotopic (exact) mass is 161 g/mol. The second-order valence-corrected chi connectivity index (χ2v) is 2.34. The molecule has 2 nitrogen and oxygen atoms in total. The number of aliphatic hydroxyl groups is 1. The summed E-state index contributed by atoms with van der Waals surface area (Å²) in [6.07, 6.45) is 4.38. The first-order valence-corrected chi connectivity index (χ1v) is 3.67. The molecule has 62 valence electrons. The highest BCUT2D eigenvalue weighted by molar-refractivity contribution is 5.52. The molecule has 12 heavy (non-hydrogen) atoms. The molecule has 0 heterocycles. The van der Waals surface area contributed by atoms with Gasteiger partial charge in [0.05, 0.1) is 0 Å². The van der Waals surface area contributed by atoms with E-state index in [1.807, 2.05) is 30.3 Å². The van der Waals surface area contributed by atoms with Gasteiger partial charge in [-0.05, 0) is 23.9 Å². The Morgan fingerprint density at radius 2 is 1.92 bits per heavy atom. The number of hydrogen-bond acceptors (Lipinski definition) is 2. The predicted octanol–water partition coefficient (Wildman–Crippen LogP) is 2.06. The van der Waals surface area contributed by atoms with Crippen LogP contribution in [0.5, 0.6) is 0 Å². The fourth-order valence-electron chi connectivity index (χ4n) is 0.867. The molecule has 0 bridgehead atoms. The van der Waals surface area contributed by atoms with Crippen LogP contribution in [-0.2, 0) is 0 Å². The molecule has 0 spiro atoms. The molecule has 0 saturated heterocycles. The van der Waals surface area contributed by atoms with Crippen LogP contribution in [0.3, 0.4) is 0 Å². The molecular formula is C10H11NO. The minimum absolute atomic E-state index is 0.156. The standard InChI is InChI=1S/C10H11NO/c11-7-6-10(12)8-9-4-2-1-3-5-9/h1-8,12H,11H2/b7-6-,10-8-. The zero-order chi connectivity index (χ0) is 8.81. The van der Waals surface area contributed by atoms with Crippen LogP contribution < -0.4 is 5.73 Å². The lowest BCUT2D eigenvalue weighted by Crippen LogP contribution is -1.80. The Balaban J connectivity index is 2.81. The summed E-state index contributed by atoms with van der Waals surface area (Å²) in [6, 6.07) is 9.55. The van der Waals surface area contributed by atoms with Gasteiger partial charge >= 0.3 is 0 Å². The molecule has 0 amide bonds. The topological polar surface area (TPSA) is 46.2 Å². The third kappa shape index (κ3) is 2.50. The minimum atomic E-state index is 0.156. The quantitative estimate of drug-likeness (QED) is 0.515. The van der Waals surface area contributed by atoms with Crippen molar-refractivity contribution in [1.29, 1.82) is 0 Å². The summed E-state index contributed by atoms with van der Waals surface area (Å²) in [5.41, 5.74) is 6.05. The Hall–Kier alpha value is -1.70. The number of benzene rings is 1. The third-order valence-corrected chi connectivity index (χ3v) is 1.38. The zero-order valence-corrected chi connectivity index (χ0v) is 6.64. The van der Waals surface area contributed by atoms with Crippen molar-refractivity contribution in [2.24, 2.45) is 5.73 Å². The van der Waals surface area contributed by atoms with Gasteiger partial charge in [0.25, 0.3) is 0 Å². The van der Waals surface area contributed by atoms with Crippen LogP contribution in [0.1, 0.15) is 5.56 Å². The third-order valence-electron chi connectivity index (χ3n) is 1.38. The Morgan fingerprint density at radius 1 is 1.25 bits per heavy atom. The molecule has 2 heteroatoms. The van der Waals surface area contributed by atoms with Crippen molar-refractivity contribution in [3.05, 3.63) is 53.9 Å².